The Bertz CT molecular complexity index is 897. The fourth-order valence-electron chi connectivity index (χ4n) is 3.16. The third-order valence-corrected chi connectivity index (χ3v) is 4.55. The largest absolute Gasteiger partial charge is 0.504 e. The van der Waals surface area contributed by atoms with Gasteiger partial charge in [-0.15, -0.1) is 0 Å². The highest BCUT2D eigenvalue weighted by Gasteiger charge is 2.26. The molecular formula is C20H21N3O4. The first-order valence-corrected chi connectivity index (χ1v) is 8.82. The molecule has 4 rings (SSSR count). The van der Waals surface area contributed by atoms with E-state index in [1.54, 1.807) is 12.1 Å². The summed E-state index contributed by atoms with van der Waals surface area (Å²) in [6.07, 6.45) is -0.244. The van der Waals surface area contributed by atoms with Gasteiger partial charge in [-0.05, 0) is 29.8 Å². The molecule has 0 saturated carbocycles. The van der Waals surface area contributed by atoms with Crippen molar-refractivity contribution in [2.45, 2.75) is 12.6 Å². The van der Waals surface area contributed by atoms with E-state index < -0.39 is 0 Å². The number of hydrogen-bond acceptors (Lipinski definition) is 7. The third-order valence-electron chi connectivity index (χ3n) is 4.55. The molecule has 0 radical (unpaired) electrons. The van der Waals surface area contributed by atoms with Crippen molar-refractivity contribution in [2.75, 3.05) is 26.8 Å². The van der Waals surface area contributed by atoms with Crippen LogP contribution in [0.25, 0.3) is 11.5 Å². The summed E-state index contributed by atoms with van der Waals surface area (Å²) in [6.45, 7) is 2.73. The van der Waals surface area contributed by atoms with Gasteiger partial charge in [-0.2, -0.15) is 4.98 Å². The molecule has 1 aliphatic heterocycles. The maximum absolute atomic E-state index is 9.96. The summed E-state index contributed by atoms with van der Waals surface area (Å²) < 4.78 is 16.3. The van der Waals surface area contributed by atoms with Gasteiger partial charge in [-0.3, -0.25) is 4.90 Å². The SMILES string of the molecule is COc1ccc(CN2CCOC(c3noc(-c4ccccc4)n3)C2)cc1O. The van der Waals surface area contributed by atoms with Gasteiger partial charge in [0.1, 0.15) is 6.10 Å². The highest BCUT2D eigenvalue weighted by atomic mass is 16.5. The van der Waals surface area contributed by atoms with Gasteiger partial charge in [0.2, 0.25) is 5.82 Å². The molecule has 0 bridgehead atoms. The summed E-state index contributed by atoms with van der Waals surface area (Å²) in [7, 11) is 1.54. The molecule has 1 atom stereocenters. The normalized spacial score (nSPS) is 17.7. The van der Waals surface area contributed by atoms with Crippen LogP contribution in [0, 0.1) is 0 Å². The quantitative estimate of drug-likeness (QED) is 0.742. The maximum atomic E-state index is 9.96. The molecule has 0 aliphatic carbocycles. The zero-order valence-corrected chi connectivity index (χ0v) is 15.0. The summed E-state index contributed by atoms with van der Waals surface area (Å²) in [4.78, 5) is 6.74. The van der Waals surface area contributed by atoms with E-state index in [1.807, 2.05) is 36.4 Å². The lowest BCUT2D eigenvalue weighted by Crippen LogP contribution is -2.38. The van der Waals surface area contributed by atoms with Crippen molar-refractivity contribution in [2.24, 2.45) is 0 Å². The lowest BCUT2D eigenvalue weighted by molar-refractivity contribution is -0.0380. The average molecular weight is 367 g/mol. The Balaban J connectivity index is 1.44. The van der Waals surface area contributed by atoms with Gasteiger partial charge in [0.05, 0.1) is 13.7 Å². The molecule has 7 nitrogen and oxygen atoms in total. The van der Waals surface area contributed by atoms with Gasteiger partial charge in [-0.1, -0.05) is 29.4 Å². The molecule has 0 amide bonds. The van der Waals surface area contributed by atoms with E-state index in [2.05, 4.69) is 15.0 Å². The molecule has 140 valence electrons. The standard InChI is InChI=1S/C20H21N3O4/c1-25-17-8-7-14(11-16(17)24)12-23-9-10-26-18(13-23)19-21-20(27-22-19)15-5-3-2-4-6-15/h2-8,11,18,24H,9-10,12-13H2,1H3. The van der Waals surface area contributed by atoms with Gasteiger partial charge in [0, 0.05) is 25.2 Å². The highest BCUT2D eigenvalue weighted by molar-refractivity contribution is 5.52. The van der Waals surface area contributed by atoms with Gasteiger partial charge in [0.25, 0.3) is 5.89 Å². The molecule has 27 heavy (non-hydrogen) atoms. The first kappa shape index (κ1) is 17.5. The second-order valence-corrected chi connectivity index (χ2v) is 6.42. The Labute approximate surface area is 157 Å². The van der Waals surface area contributed by atoms with Crippen LogP contribution in [0.3, 0.4) is 0 Å². The number of phenolic OH excluding ortho intramolecular Hbond substituents is 1. The summed E-state index contributed by atoms with van der Waals surface area (Å²) in [6, 6.07) is 15.1. The molecule has 1 aromatic heterocycles. The zero-order chi connectivity index (χ0) is 18.6. The molecular weight excluding hydrogens is 346 g/mol. The number of phenols is 1. The molecule has 1 N–H and O–H groups in total. The minimum absolute atomic E-state index is 0.144. The third kappa shape index (κ3) is 3.94. The van der Waals surface area contributed by atoms with Crippen molar-refractivity contribution < 1.29 is 19.1 Å². The number of hydrogen-bond donors (Lipinski definition) is 1. The zero-order valence-electron chi connectivity index (χ0n) is 15.0. The van der Waals surface area contributed by atoms with Crippen molar-refractivity contribution in [1.82, 2.24) is 15.0 Å². The number of aromatic nitrogens is 2. The van der Waals surface area contributed by atoms with E-state index >= 15 is 0 Å². The Morgan fingerprint density at radius 3 is 2.85 bits per heavy atom. The van der Waals surface area contributed by atoms with Crippen LogP contribution in [0.2, 0.25) is 0 Å². The Morgan fingerprint density at radius 2 is 2.07 bits per heavy atom. The van der Waals surface area contributed by atoms with Crippen LogP contribution in [-0.4, -0.2) is 47.0 Å². The van der Waals surface area contributed by atoms with Crippen LogP contribution >= 0.6 is 0 Å². The van der Waals surface area contributed by atoms with E-state index in [0.717, 1.165) is 17.7 Å². The van der Waals surface area contributed by atoms with Crippen LogP contribution in [0.1, 0.15) is 17.5 Å². The van der Waals surface area contributed by atoms with Crippen molar-refractivity contribution in [3.05, 3.63) is 59.9 Å². The van der Waals surface area contributed by atoms with Crippen LogP contribution in [0.5, 0.6) is 11.5 Å². The van der Waals surface area contributed by atoms with Gasteiger partial charge >= 0.3 is 0 Å². The maximum Gasteiger partial charge on any atom is 0.258 e. The molecule has 1 unspecified atom stereocenters. The number of aromatic hydroxyl groups is 1. The smallest absolute Gasteiger partial charge is 0.258 e. The van der Waals surface area contributed by atoms with Crippen LogP contribution < -0.4 is 4.74 Å². The number of rotatable bonds is 5. The number of benzene rings is 2. The average Bonchev–Trinajstić information content (AvgIpc) is 3.19. The monoisotopic (exact) mass is 367 g/mol. The van der Waals surface area contributed by atoms with E-state index in [0.29, 0.717) is 37.2 Å². The Hall–Kier alpha value is -2.90. The number of methoxy groups -OCH3 is 1. The molecule has 7 heteroatoms. The number of morpholine rings is 1. The van der Waals surface area contributed by atoms with Gasteiger partial charge in [0.15, 0.2) is 11.5 Å². The van der Waals surface area contributed by atoms with E-state index in [9.17, 15) is 5.11 Å². The Morgan fingerprint density at radius 1 is 1.22 bits per heavy atom. The minimum atomic E-state index is -0.244. The summed E-state index contributed by atoms with van der Waals surface area (Å²) >= 11 is 0. The predicted molar refractivity (Wildman–Crippen MR) is 98.4 cm³/mol. The molecule has 2 aromatic carbocycles. The molecule has 1 saturated heterocycles. The lowest BCUT2D eigenvalue weighted by Gasteiger charge is -2.31. The number of nitrogens with zero attached hydrogens (tertiary/aromatic N) is 3. The molecule has 1 fully saturated rings. The minimum Gasteiger partial charge on any atom is -0.504 e. The summed E-state index contributed by atoms with van der Waals surface area (Å²) in [5, 5.41) is 14.1. The van der Waals surface area contributed by atoms with Gasteiger partial charge < -0.3 is 19.1 Å². The summed E-state index contributed by atoms with van der Waals surface area (Å²) in [5.74, 6) is 1.66. The number of ether oxygens (including phenoxy) is 2. The van der Waals surface area contributed by atoms with E-state index in [-0.39, 0.29) is 11.9 Å². The van der Waals surface area contributed by atoms with Crippen molar-refractivity contribution in [3.63, 3.8) is 0 Å². The van der Waals surface area contributed by atoms with Crippen LogP contribution in [-0.2, 0) is 11.3 Å². The molecule has 3 aromatic rings. The van der Waals surface area contributed by atoms with Crippen molar-refractivity contribution in [3.8, 4) is 23.0 Å². The van der Waals surface area contributed by atoms with Crippen molar-refractivity contribution >= 4 is 0 Å². The van der Waals surface area contributed by atoms with Gasteiger partial charge in [-0.25, -0.2) is 0 Å². The lowest BCUT2D eigenvalue weighted by atomic mass is 10.1. The molecule has 1 aliphatic rings. The molecule has 0 spiro atoms. The van der Waals surface area contributed by atoms with Crippen LogP contribution in [0.15, 0.2) is 53.1 Å². The van der Waals surface area contributed by atoms with E-state index in [4.69, 9.17) is 14.0 Å². The summed E-state index contributed by atoms with van der Waals surface area (Å²) in [5.41, 5.74) is 1.89. The first-order valence-electron chi connectivity index (χ1n) is 8.82. The Kier molecular flexibility index (Phi) is 5.04. The second-order valence-electron chi connectivity index (χ2n) is 6.42. The first-order chi connectivity index (χ1) is 13.2. The molecule has 2 heterocycles. The second kappa shape index (κ2) is 7.77. The fraction of sp³-hybridized carbons (Fsp3) is 0.300. The fourth-order valence-corrected chi connectivity index (χ4v) is 3.16. The van der Waals surface area contributed by atoms with Crippen LogP contribution in [0.4, 0.5) is 0 Å². The van der Waals surface area contributed by atoms with E-state index in [1.165, 1.54) is 7.11 Å². The highest BCUT2D eigenvalue weighted by Crippen LogP contribution is 2.28. The predicted octanol–water partition coefficient (Wildman–Crippen LogP) is 3.02. The van der Waals surface area contributed by atoms with Crippen molar-refractivity contribution in [1.29, 1.82) is 0 Å². The topological polar surface area (TPSA) is 80.9 Å².